The van der Waals surface area contributed by atoms with E-state index in [-0.39, 0.29) is 5.91 Å². The van der Waals surface area contributed by atoms with Gasteiger partial charge < -0.3 is 14.8 Å². The number of thiazole rings is 1. The molecule has 6 nitrogen and oxygen atoms in total. The minimum absolute atomic E-state index is 0.232. The molecule has 0 saturated heterocycles. The average Bonchev–Trinajstić information content (AvgIpc) is 3.06. The summed E-state index contributed by atoms with van der Waals surface area (Å²) in [5, 5.41) is 5.19. The maximum Gasteiger partial charge on any atom is 0.251 e. The van der Waals surface area contributed by atoms with Crippen LogP contribution in [-0.2, 0) is 6.54 Å². The van der Waals surface area contributed by atoms with E-state index < -0.39 is 0 Å². The topological polar surface area (TPSA) is 64.9 Å². The number of nitrogens with zero attached hydrogens (tertiary/aromatic N) is 2. The van der Waals surface area contributed by atoms with Gasteiger partial charge in [0.25, 0.3) is 5.91 Å². The van der Waals surface area contributed by atoms with Crippen molar-refractivity contribution in [2.45, 2.75) is 13.0 Å². The molecule has 0 aliphatic carbocycles. The van der Waals surface area contributed by atoms with Crippen LogP contribution in [0.4, 0.5) is 0 Å². The summed E-state index contributed by atoms with van der Waals surface area (Å²) >= 11 is 7.77. The first-order valence-electron chi connectivity index (χ1n) is 7.49. The Kier molecular flexibility index (Phi) is 4.03. The molecule has 0 saturated carbocycles. The third-order valence-electron chi connectivity index (χ3n) is 3.64. The molecule has 0 spiro atoms. The maximum absolute atomic E-state index is 12.4. The Labute approximate surface area is 147 Å². The van der Waals surface area contributed by atoms with Gasteiger partial charge in [-0.05, 0) is 12.1 Å². The molecule has 0 atom stereocenters. The number of hydrogen-bond acceptors (Lipinski definition) is 5. The molecule has 0 radical (unpaired) electrons. The molecule has 1 aliphatic heterocycles. The first-order chi connectivity index (χ1) is 11.7. The van der Waals surface area contributed by atoms with Crippen molar-refractivity contribution in [3.63, 3.8) is 0 Å². The van der Waals surface area contributed by atoms with Crippen LogP contribution in [0.2, 0.25) is 5.02 Å². The minimum atomic E-state index is -0.232. The Morgan fingerprint density at radius 1 is 1.38 bits per heavy atom. The number of nitrogens with one attached hydrogen (secondary N) is 1. The van der Waals surface area contributed by atoms with Gasteiger partial charge in [0, 0.05) is 29.8 Å². The first-order valence-corrected chi connectivity index (χ1v) is 8.75. The number of benzene rings is 1. The molecule has 3 heterocycles. The molecule has 124 valence electrons. The van der Waals surface area contributed by atoms with Gasteiger partial charge in [0.2, 0.25) is 0 Å². The number of rotatable bonds is 3. The third kappa shape index (κ3) is 2.92. The number of ether oxygens (including phenoxy) is 2. The molecule has 1 aromatic carbocycles. The maximum atomic E-state index is 12.4. The molecule has 3 aromatic rings. The minimum Gasteiger partial charge on any atom is -0.489 e. The van der Waals surface area contributed by atoms with Crippen LogP contribution in [0.5, 0.6) is 11.5 Å². The Bertz CT molecular complexity index is 877. The summed E-state index contributed by atoms with van der Waals surface area (Å²) in [7, 11) is 0. The molecule has 0 unspecified atom stereocenters. The Hall–Kier alpha value is -2.25. The molecule has 0 bridgehead atoms. The number of halogens is 1. The number of aromatic nitrogens is 2. The van der Waals surface area contributed by atoms with Gasteiger partial charge in [-0.3, -0.25) is 9.20 Å². The van der Waals surface area contributed by atoms with Crippen molar-refractivity contribution in [1.29, 1.82) is 0 Å². The monoisotopic (exact) mass is 363 g/mol. The van der Waals surface area contributed by atoms with Crippen LogP contribution in [0.1, 0.15) is 22.5 Å². The van der Waals surface area contributed by atoms with Crippen molar-refractivity contribution in [3.8, 4) is 11.5 Å². The predicted molar refractivity (Wildman–Crippen MR) is 91.3 cm³/mol. The second kappa shape index (κ2) is 6.33. The summed E-state index contributed by atoms with van der Waals surface area (Å²) in [4.78, 5) is 17.7. The Morgan fingerprint density at radius 2 is 2.25 bits per heavy atom. The van der Waals surface area contributed by atoms with Crippen LogP contribution in [-0.4, -0.2) is 28.5 Å². The highest BCUT2D eigenvalue weighted by Crippen LogP contribution is 2.37. The van der Waals surface area contributed by atoms with E-state index in [1.165, 1.54) is 0 Å². The van der Waals surface area contributed by atoms with E-state index in [4.69, 9.17) is 21.1 Å². The van der Waals surface area contributed by atoms with Gasteiger partial charge in [-0.2, -0.15) is 0 Å². The van der Waals surface area contributed by atoms with Gasteiger partial charge in [0.15, 0.2) is 16.5 Å². The number of carbonyl (C=O) groups excluding carboxylic acids is 1. The van der Waals surface area contributed by atoms with Crippen molar-refractivity contribution >= 4 is 33.8 Å². The normalized spacial score (nSPS) is 13.7. The summed E-state index contributed by atoms with van der Waals surface area (Å²) in [6.07, 6.45) is 4.61. The van der Waals surface area contributed by atoms with Crippen LogP contribution in [0.15, 0.2) is 29.9 Å². The van der Waals surface area contributed by atoms with E-state index in [0.717, 1.165) is 17.1 Å². The fourth-order valence-corrected chi connectivity index (χ4v) is 3.48. The zero-order valence-corrected chi connectivity index (χ0v) is 14.2. The van der Waals surface area contributed by atoms with Gasteiger partial charge in [0.05, 0.1) is 30.5 Å². The summed E-state index contributed by atoms with van der Waals surface area (Å²) in [6, 6.07) is 3.25. The second-order valence-corrected chi connectivity index (χ2v) is 6.62. The van der Waals surface area contributed by atoms with Crippen molar-refractivity contribution in [1.82, 2.24) is 14.7 Å². The van der Waals surface area contributed by atoms with Gasteiger partial charge in [0.1, 0.15) is 0 Å². The fraction of sp³-hybridized carbons (Fsp3) is 0.250. The molecule has 8 heteroatoms. The van der Waals surface area contributed by atoms with E-state index in [0.29, 0.717) is 41.8 Å². The summed E-state index contributed by atoms with van der Waals surface area (Å²) in [6.45, 7) is 1.44. The van der Waals surface area contributed by atoms with E-state index in [9.17, 15) is 4.79 Å². The Balaban J connectivity index is 1.50. The summed E-state index contributed by atoms with van der Waals surface area (Å²) in [5.74, 6) is 0.775. The average molecular weight is 364 g/mol. The van der Waals surface area contributed by atoms with Gasteiger partial charge in [-0.25, -0.2) is 4.98 Å². The first kappa shape index (κ1) is 15.3. The zero-order valence-electron chi connectivity index (χ0n) is 12.6. The van der Waals surface area contributed by atoms with Crippen LogP contribution >= 0.6 is 22.9 Å². The Morgan fingerprint density at radius 3 is 3.12 bits per heavy atom. The number of fused-ring (bicyclic) bond motifs is 2. The zero-order chi connectivity index (χ0) is 16.5. The molecule has 1 N–H and O–H groups in total. The predicted octanol–water partition coefficient (Wildman–Crippen LogP) is 3.14. The van der Waals surface area contributed by atoms with Gasteiger partial charge >= 0.3 is 0 Å². The van der Waals surface area contributed by atoms with Gasteiger partial charge in [-0.1, -0.05) is 11.6 Å². The quantitative estimate of drug-likeness (QED) is 0.776. The third-order valence-corrected chi connectivity index (χ3v) is 4.69. The van der Waals surface area contributed by atoms with Crippen molar-refractivity contribution in [2.24, 2.45) is 0 Å². The fourth-order valence-electron chi connectivity index (χ4n) is 2.50. The van der Waals surface area contributed by atoms with E-state index in [1.54, 1.807) is 23.5 Å². The molecular weight excluding hydrogens is 350 g/mol. The van der Waals surface area contributed by atoms with E-state index in [1.807, 2.05) is 22.2 Å². The largest absolute Gasteiger partial charge is 0.489 e. The number of hydrogen-bond donors (Lipinski definition) is 1. The standard InChI is InChI=1S/C16H14ClN3O3S/c17-12-6-10(7-13-14(12)23-4-1-3-22-13)15(21)18-8-11-9-20-2-5-24-16(20)19-11/h2,5-7,9H,1,3-4,8H2,(H,18,21). The molecular formula is C16H14ClN3O3S. The lowest BCUT2D eigenvalue weighted by atomic mass is 10.2. The van der Waals surface area contributed by atoms with Crippen LogP contribution in [0, 0.1) is 0 Å². The molecule has 2 aromatic heterocycles. The number of carbonyl (C=O) groups is 1. The van der Waals surface area contributed by atoms with Crippen molar-refractivity contribution < 1.29 is 14.3 Å². The highest BCUT2D eigenvalue weighted by molar-refractivity contribution is 7.15. The van der Waals surface area contributed by atoms with E-state index in [2.05, 4.69) is 10.3 Å². The van der Waals surface area contributed by atoms with Crippen LogP contribution in [0.3, 0.4) is 0 Å². The highest BCUT2D eigenvalue weighted by atomic mass is 35.5. The van der Waals surface area contributed by atoms with E-state index >= 15 is 0 Å². The SMILES string of the molecule is O=C(NCc1cn2ccsc2n1)c1cc(Cl)c2c(c1)OCCCO2. The van der Waals surface area contributed by atoms with Crippen LogP contribution < -0.4 is 14.8 Å². The lowest BCUT2D eigenvalue weighted by Crippen LogP contribution is -2.23. The number of imidazole rings is 1. The smallest absolute Gasteiger partial charge is 0.251 e. The lowest BCUT2D eigenvalue weighted by molar-refractivity contribution is 0.0950. The molecule has 4 rings (SSSR count). The summed E-state index contributed by atoms with van der Waals surface area (Å²) in [5.41, 5.74) is 1.24. The van der Waals surface area contributed by atoms with Crippen LogP contribution in [0.25, 0.3) is 4.96 Å². The van der Waals surface area contributed by atoms with Crippen molar-refractivity contribution in [2.75, 3.05) is 13.2 Å². The lowest BCUT2D eigenvalue weighted by Gasteiger charge is -2.11. The molecule has 1 amide bonds. The summed E-state index contributed by atoms with van der Waals surface area (Å²) < 4.78 is 13.1. The van der Waals surface area contributed by atoms with Gasteiger partial charge in [-0.15, -0.1) is 11.3 Å². The number of amides is 1. The molecule has 0 fully saturated rings. The molecule has 24 heavy (non-hydrogen) atoms. The van der Waals surface area contributed by atoms with Crippen molar-refractivity contribution in [3.05, 3.63) is 46.2 Å². The highest BCUT2D eigenvalue weighted by Gasteiger charge is 2.18. The second-order valence-electron chi connectivity index (χ2n) is 5.34. The molecule has 1 aliphatic rings.